The van der Waals surface area contributed by atoms with Gasteiger partial charge in [0.05, 0.1) is 20.8 Å². The van der Waals surface area contributed by atoms with Crippen LogP contribution in [0.3, 0.4) is 0 Å². The number of hydrogen-bond acceptors (Lipinski definition) is 5. The quantitative estimate of drug-likeness (QED) is 0.546. The smallest absolute Gasteiger partial charge is 0.244 e. The van der Waals surface area contributed by atoms with E-state index in [2.05, 4.69) is 31.0 Å². The van der Waals surface area contributed by atoms with Crippen LogP contribution in [0.25, 0.3) is 6.08 Å². The molecule has 1 aliphatic heterocycles. The number of carbonyl (C=O) groups is 1. The Hall–Kier alpha value is -3.59. The Morgan fingerprint density at radius 2 is 1.94 bits per heavy atom. The summed E-state index contributed by atoms with van der Waals surface area (Å²) in [7, 11) is 3.15. The molecule has 0 atom stereocenters. The van der Waals surface area contributed by atoms with Crippen molar-refractivity contribution in [3.63, 3.8) is 0 Å². The van der Waals surface area contributed by atoms with Crippen molar-refractivity contribution in [1.82, 2.24) is 5.32 Å². The molecule has 31 heavy (non-hydrogen) atoms. The molecule has 1 aliphatic rings. The Kier molecular flexibility index (Phi) is 7.09. The lowest BCUT2D eigenvalue weighted by Crippen LogP contribution is -2.24. The number of fused-ring (bicyclic) bond motifs is 1. The third-order valence-corrected chi connectivity index (χ3v) is 4.67. The van der Waals surface area contributed by atoms with Crippen LogP contribution in [0.5, 0.6) is 23.0 Å². The standard InChI is InChI=1S/C25H27NO5/c1-25(2)17-19-8-7-9-21(24(19)31-25)30-15-6-5-14-26-23(27)13-11-18-10-12-20(28-3)22(16-18)29-4/h7-13,16H,14-15,17H2,1-4H3,(H,26,27)/b13-11+. The lowest BCUT2D eigenvalue weighted by molar-refractivity contribution is -0.116. The van der Waals surface area contributed by atoms with Crippen molar-refractivity contribution in [2.45, 2.75) is 25.9 Å². The Morgan fingerprint density at radius 3 is 2.71 bits per heavy atom. The first-order valence-corrected chi connectivity index (χ1v) is 9.99. The summed E-state index contributed by atoms with van der Waals surface area (Å²) in [5.41, 5.74) is 1.75. The normalized spacial score (nSPS) is 13.5. The van der Waals surface area contributed by atoms with Gasteiger partial charge >= 0.3 is 0 Å². The Morgan fingerprint density at radius 1 is 1.13 bits per heavy atom. The molecule has 2 aromatic rings. The van der Waals surface area contributed by atoms with Gasteiger partial charge in [0.25, 0.3) is 0 Å². The molecule has 6 nitrogen and oxygen atoms in total. The maximum atomic E-state index is 12.0. The van der Waals surface area contributed by atoms with E-state index in [1.807, 2.05) is 24.3 Å². The van der Waals surface area contributed by atoms with Crippen molar-refractivity contribution in [2.75, 3.05) is 27.4 Å². The summed E-state index contributed by atoms with van der Waals surface area (Å²) in [4.78, 5) is 12.0. The van der Waals surface area contributed by atoms with Crippen LogP contribution < -0.4 is 24.3 Å². The van der Waals surface area contributed by atoms with E-state index in [0.717, 1.165) is 23.3 Å². The van der Waals surface area contributed by atoms with Crippen molar-refractivity contribution in [3.8, 4) is 34.8 Å². The fraction of sp³-hybridized carbons (Fsp3) is 0.320. The summed E-state index contributed by atoms with van der Waals surface area (Å²) in [5, 5.41) is 2.72. The molecule has 1 amide bonds. The monoisotopic (exact) mass is 421 g/mol. The minimum Gasteiger partial charge on any atom is -0.493 e. The zero-order valence-electron chi connectivity index (χ0n) is 18.3. The van der Waals surface area contributed by atoms with Gasteiger partial charge in [-0.3, -0.25) is 4.79 Å². The van der Waals surface area contributed by atoms with Crippen LogP contribution in [0.15, 0.2) is 42.5 Å². The van der Waals surface area contributed by atoms with E-state index in [1.165, 1.54) is 6.08 Å². The van der Waals surface area contributed by atoms with Gasteiger partial charge in [0.15, 0.2) is 23.0 Å². The fourth-order valence-corrected chi connectivity index (χ4v) is 3.25. The van der Waals surface area contributed by atoms with Gasteiger partial charge in [-0.15, -0.1) is 0 Å². The lowest BCUT2D eigenvalue weighted by Gasteiger charge is -2.17. The molecule has 0 spiro atoms. The van der Waals surface area contributed by atoms with Crippen LogP contribution in [-0.4, -0.2) is 38.9 Å². The molecule has 3 rings (SSSR count). The fourth-order valence-electron chi connectivity index (χ4n) is 3.25. The van der Waals surface area contributed by atoms with Crippen molar-refractivity contribution in [2.24, 2.45) is 0 Å². The second-order valence-corrected chi connectivity index (χ2v) is 7.59. The van der Waals surface area contributed by atoms with Crippen LogP contribution in [0.2, 0.25) is 0 Å². The zero-order valence-corrected chi connectivity index (χ0v) is 18.3. The van der Waals surface area contributed by atoms with Crippen LogP contribution in [0.4, 0.5) is 0 Å². The van der Waals surface area contributed by atoms with Gasteiger partial charge in [0.1, 0.15) is 12.2 Å². The number of benzene rings is 2. The molecule has 0 radical (unpaired) electrons. The molecule has 2 aromatic carbocycles. The molecule has 6 heteroatoms. The second kappa shape index (κ2) is 9.94. The maximum absolute atomic E-state index is 12.0. The molecule has 0 unspecified atom stereocenters. The first-order valence-electron chi connectivity index (χ1n) is 9.99. The van der Waals surface area contributed by atoms with Crippen LogP contribution in [0, 0.1) is 11.8 Å². The highest BCUT2D eigenvalue weighted by molar-refractivity contribution is 5.91. The predicted molar refractivity (Wildman–Crippen MR) is 120 cm³/mol. The maximum Gasteiger partial charge on any atom is 0.244 e. The third kappa shape index (κ3) is 5.95. The minimum absolute atomic E-state index is 0.220. The second-order valence-electron chi connectivity index (χ2n) is 7.59. The van der Waals surface area contributed by atoms with Crippen molar-refractivity contribution < 1.29 is 23.7 Å². The molecule has 0 bridgehead atoms. The number of ether oxygens (including phenoxy) is 4. The van der Waals surface area contributed by atoms with E-state index in [9.17, 15) is 4.79 Å². The molecule has 0 aromatic heterocycles. The topological polar surface area (TPSA) is 66.0 Å². The molecule has 1 N–H and O–H groups in total. The molecule has 1 heterocycles. The van der Waals surface area contributed by atoms with Crippen molar-refractivity contribution in [3.05, 3.63) is 53.6 Å². The highest BCUT2D eigenvalue weighted by atomic mass is 16.5. The van der Waals surface area contributed by atoms with Gasteiger partial charge in [-0.1, -0.05) is 30.0 Å². The van der Waals surface area contributed by atoms with Crippen molar-refractivity contribution in [1.29, 1.82) is 0 Å². The van der Waals surface area contributed by atoms with E-state index in [1.54, 1.807) is 32.4 Å². The summed E-state index contributed by atoms with van der Waals surface area (Å²) in [6.45, 7) is 4.56. The highest BCUT2D eigenvalue weighted by Crippen LogP contribution is 2.41. The number of rotatable bonds is 7. The average molecular weight is 421 g/mol. The Labute approximate surface area is 183 Å². The first-order chi connectivity index (χ1) is 14.9. The van der Waals surface area contributed by atoms with Crippen LogP contribution >= 0.6 is 0 Å². The molecular formula is C25H27NO5. The largest absolute Gasteiger partial charge is 0.493 e. The summed E-state index contributed by atoms with van der Waals surface area (Å²) >= 11 is 0. The molecule has 0 aliphatic carbocycles. The SMILES string of the molecule is COc1ccc(/C=C/C(=O)NCC#CCOc2cccc3c2OC(C)(C)C3)cc1OC. The summed E-state index contributed by atoms with van der Waals surface area (Å²) in [5.74, 6) is 8.28. The average Bonchev–Trinajstić information content (AvgIpc) is 3.08. The van der Waals surface area contributed by atoms with E-state index in [0.29, 0.717) is 17.2 Å². The molecule has 0 saturated heterocycles. The van der Waals surface area contributed by atoms with E-state index < -0.39 is 0 Å². The third-order valence-electron chi connectivity index (χ3n) is 4.67. The Balaban J connectivity index is 1.44. The van der Waals surface area contributed by atoms with Gasteiger partial charge in [-0.25, -0.2) is 0 Å². The van der Waals surface area contributed by atoms with Gasteiger partial charge < -0.3 is 24.3 Å². The zero-order chi connectivity index (χ0) is 22.3. The molecular weight excluding hydrogens is 394 g/mol. The molecule has 0 fully saturated rings. The van der Waals surface area contributed by atoms with Gasteiger partial charge in [-0.05, 0) is 43.7 Å². The van der Waals surface area contributed by atoms with Gasteiger partial charge in [0, 0.05) is 18.1 Å². The van der Waals surface area contributed by atoms with Gasteiger partial charge in [-0.2, -0.15) is 0 Å². The van der Waals surface area contributed by atoms with E-state index in [4.69, 9.17) is 18.9 Å². The lowest BCUT2D eigenvalue weighted by atomic mass is 10.0. The number of amides is 1. The van der Waals surface area contributed by atoms with Crippen LogP contribution in [0.1, 0.15) is 25.0 Å². The van der Waals surface area contributed by atoms with Gasteiger partial charge in [0.2, 0.25) is 5.91 Å². The highest BCUT2D eigenvalue weighted by Gasteiger charge is 2.32. The number of methoxy groups -OCH3 is 2. The molecule has 0 saturated carbocycles. The predicted octanol–water partition coefficient (Wildman–Crippen LogP) is 3.63. The summed E-state index contributed by atoms with van der Waals surface area (Å²) in [6, 6.07) is 11.3. The summed E-state index contributed by atoms with van der Waals surface area (Å²) < 4.78 is 22.2. The number of carbonyl (C=O) groups excluding carboxylic acids is 1. The Bertz CT molecular complexity index is 1030. The first kappa shape index (κ1) is 22.1. The summed E-state index contributed by atoms with van der Waals surface area (Å²) in [6.07, 6.45) is 4.01. The number of para-hydroxylation sites is 1. The number of hydrogen-bond donors (Lipinski definition) is 1. The van der Waals surface area contributed by atoms with E-state index >= 15 is 0 Å². The van der Waals surface area contributed by atoms with E-state index in [-0.39, 0.29) is 24.7 Å². The van der Waals surface area contributed by atoms with Crippen molar-refractivity contribution >= 4 is 12.0 Å². The minimum atomic E-state index is -0.235. The van der Waals surface area contributed by atoms with Crippen LogP contribution in [-0.2, 0) is 11.2 Å². The molecule has 162 valence electrons. The number of nitrogens with one attached hydrogen (secondary N) is 1.